The van der Waals surface area contributed by atoms with Crippen molar-refractivity contribution in [2.75, 3.05) is 44.2 Å². The minimum absolute atomic E-state index is 0.00100. The molecule has 3 rings (SSSR count). The summed E-state index contributed by atoms with van der Waals surface area (Å²) in [5.74, 6) is 0.329. The highest BCUT2D eigenvalue weighted by molar-refractivity contribution is 7.13. The van der Waals surface area contributed by atoms with Crippen molar-refractivity contribution in [1.82, 2.24) is 14.8 Å². The quantitative estimate of drug-likeness (QED) is 0.840. The van der Waals surface area contributed by atoms with Crippen molar-refractivity contribution in [2.24, 2.45) is 0 Å². The average molecular weight is 351 g/mol. The van der Waals surface area contributed by atoms with Gasteiger partial charge in [0.1, 0.15) is 0 Å². The zero-order valence-electron chi connectivity index (χ0n) is 15.0. The van der Waals surface area contributed by atoms with Crippen LogP contribution < -0.4 is 4.90 Å². The third-order valence-corrected chi connectivity index (χ3v) is 6.25. The van der Waals surface area contributed by atoms with Gasteiger partial charge in [-0.15, -0.1) is 11.3 Å². The van der Waals surface area contributed by atoms with Gasteiger partial charge in [0, 0.05) is 44.6 Å². The molecule has 134 valence electrons. The van der Waals surface area contributed by atoms with Crippen LogP contribution >= 0.6 is 11.3 Å². The van der Waals surface area contributed by atoms with Crippen LogP contribution in [0.5, 0.6) is 0 Å². The van der Waals surface area contributed by atoms with Crippen LogP contribution in [-0.2, 0) is 4.79 Å². The number of anilines is 1. The van der Waals surface area contributed by atoms with Gasteiger partial charge in [-0.05, 0) is 33.1 Å². The first-order valence-corrected chi connectivity index (χ1v) is 10.2. The summed E-state index contributed by atoms with van der Waals surface area (Å²) in [6.07, 6.45) is 5.95. The van der Waals surface area contributed by atoms with E-state index in [1.165, 1.54) is 12.8 Å². The number of rotatable bonds is 3. The second-order valence-corrected chi connectivity index (χ2v) is 7.90. The Balaban J connectivity index is 1.57. The Morgan fingerprint density at radius 3 is 2.46 bits per heavy atom. The molecule has 5 nitrogen and oxygen atoms in total. The number of aromatic nitrogens is 1. The van der Waals surface area contributed by atoms with Crippen LogP contribution in [0.25, 0.3) is 0 Å². The number of aryl methyl sites for hydroxylation is 1. The molecule has 1 atom stereocenters. The van der Waals surface area contributed by atoms with E-state index in [-0.39, 0.29) is 6.04 Å². The third kappa shape index (κ3) is 4.28. The van der Waals surface area contributed by atoms with Gasteiger partial charge < -0.3 is 9.80 Å². The molecule has 1 unspecified atom stereocenters. The molecule has 6 heteroatoms. The number of carbonyl (C=O) groups is 1. The molecule has 2 fully saturated rings. The molecule has 24 heavy (non-hydrogen) atoms. The van der Waals surface area contributed by atoms with Crippen LogP contribution in [-0.4, -0.2) is 66.0 Å². The standard InChI is InChI=1S/C18H30N4OS/c1-15-14-24-18(19-15)22-11-7-10-20(12-13-22)16(2)17(23)21-8-5-3-4-6-9-21/h14,16H,3-13H2,1-2H3. The topological polar surface area (TPSA) is 39.7 Å². The van der Waals surface area contributed by atoms with Crippen LogP contribution in [0.1, 0.15) is 44.7 Å². The number of hydrogen-bond donors (Lipinski definition) is 0. The van der Waals surface area contributed by atoms with E-state index in [2.05, 4.69) is 32.0 Å². The highest BCUT2D eigenvalue weighted by atomic mass is 32.1. The van der Waals surface area contributed by atoms with Crippen molar-refractivity contribution in [1.29, 1.82) is 0 Å². The molecular weight excluding hydrogens is 320 g/mol. The maximum absolute atomic E-state index is 12.9. The summed E-state index contributed by atoms with van der Waals surface area (Å²) in [5, 5.41) is 3.24. The van der Waals surface area contributed by atoms with Gasteiger partial charge in [0.25, 0.3) is 0 Å². The molecule has 1 aromatic rings. The van der Waals surface area contributed by atoms with Gasteiger partial charge in [0.15, 0.2) is 5.13 Å². The second-order valence-electron chi connectivity index (χ2n) is 7.06. The van der Waals surface area contributed by atoms with Crippen LogP contribution in [0.4, 0.5) is 5.13 Å². The molecule has 0 bridgehead atoms. The largest absolute Gasteiger partial charge is 0.347 e. The maximum atomic E-state index is 12.9. The second kappa shape index (κ2) is 8.30. The Hall–Kier alpha value is -1.14. The number of carbonyl (C=O) groups excluding carboxylic acids is 1. The number of hydrogen-bond acceptors (Lipinski definition) is 5. The minimum Gasteiger partial charge on any atom is -0.347 e. The van der Waals surface area contributed by atoms with Crippen LogP contribution in [0.2, 0.25) is 0 Å². The van der Waals surface area contributed by atoms with Crippen LogP contribution in [0.3, 0.4) is 0 Å². The zero-order valence-corrected chi connectivity index (χ0v) is 15.9. The smallest absolute Gasteiger partial charge is 0.239 e. The first kappa shape index (κ1) is 17.7. The van der Waals surface area contributed by atoms with Gasteiger partial charge in [-0.2, -0.15) is 0 Å². The average Bonchev–Trinajstić information content (AvgIpc) is 2.82. The predicted molar refractivity (Wildman–Crippen MR) is 99.8 cm³/mol. The van der Waals surface area contributed by atoms with Crippen molar-refractivity contribution in [3.8, 4) is 0 Å². The first-order chi connectivity index (χ1) is 11.6. The Bertz CT molecular complexity index is 539. The lowest BCUT2D eigenvalue weighted by Crippen LogP contribution is -2.48. The van der Waals surface area contributed by atoms with E-state index in [1.54, 1.807) is 11.3 Å². The first-order valence-electron chi connectivity index (χ1n) is 9.35. The van der Waals surface area contributed by atoms with Crippen molar-refractivity contribution < 1.29 is 4.79 Å². The van der Waals surface area contributed by atoms with Crippen LogP contribution in [0, 0.1) is 6.92 Å². The summed E-state index contributed by atoms with van der Waals surface area (Å²) >= 11 is 1.73. The van der Waals surface area contributed by atoms with E-state index >= 15 is 0 Å². The molecule has 2 aliphatic heterocycles. The van der Waals surface area contributed by atoms with E-state index in [4.69, 9.17) is 0 Å². The number of nitrogens with zero attached hydrogens (tertiary/aromatic N) is 4. The fraction of sp³-hybridized carbons (Fsp3) is 0.778. The molecule has 1 aromatic heterocycles. The Morgan fingerprint density at radius 2 is 1.79 bits per heavy atom. The molecule has 0 aromatic carbocycles. The highest BCUT2D eigenvalue weighted by Crippen LogP contribution is 2.22. The summed E-state index contributed by atoms with van der Waals surface area (Å²) in [6.45, 7) is 9.98. The third-order valence-electron chi connectivity index (χ3n) is 5.23. The fourth-order valence-corrected chi connectivity index (χ4v) is 4.57. The molecule has 0 radical (unpaired) electrons. The van der Waals surface area contributed by atoms with Gasteiger partial charge >= 0.3 is 0 Å². The summed E-state index contributed by atoms with van der Waals surface area (Å²) in [5.41, 5.74) is 1.10. The lowest BCUT2D eigenvalue weighted by molar-refractivity contribution is -0.136. The Morgan fingerprint density at radius 1 is 1.04 bits per heavy atom. The minimum atomic E-state index is 0.00100. The van der Waals surface area contributed by atoms with Crippen molar-refractivity contribution >= 4 is 22.4 Å². The Labute approximate surface area is 149 Å². The molecule has 0 N–H and O–H groups in total. The number of likely N-dealkylation sites (tertiary alicyclic amines) is 1. The van der Waals surface area contributed by atoms with E-state index in [1.807, 2.05) is 6.92 Å². The van der Waals surface area contributed by atoms with E-state index < -0.39 is 0 Å². The van der Waals surface area contributed by atoms with Gasteiger partial charge in [0.05, 0.1) is 11.7 Å². The summed E-state index contributed by atoms with van der Waals surface area (Å²) < 4.78 is 0. The molecule has 3 heterocycles. The van der Waals surface area contributed by atoms with Crippen molar-refractivity contribution in [3.05, 3.63) is 11.1 Å². The molecule has 2 aliphatic rings. The fourth-order valence-electron chi connectivity index (χ4n) is 3.71. The number of amides is 1. The van der Waals surface area contributed by atoms with Crippen LogP contribution in [0.15, 0.2) is 5.38 Å². The number of thiazole rings is 1. The lowest BCUT2D eigenvalue weighted by Gasteiger charge is -2.31. The Kier molecular flexibility index (Phi) is 6.11. The molecule has 0 aliphatic carbocycles. The predicted octanol–water partition coefficient (Wildman–Crippen LogP) is 2.75. The summed E-state index contributed by atoms with van der Waals surface area (Å²) in [4.78, 5) is 24.3. The van der Waals surface area contributed by atoms with Gasteiger partial charge in [-0.25, -0.2) is 4.98 Å². The zero-order chi connectivity index (χ0) is 16.9. The lowest BCUT2D eigenvalue weighted by atomic mass is 10.2. The molecular formula is C18H30N4OS. The normalized spacial score (nSPS) is 22.1. The molecule has 0 saturated carbocycles. The SMILES string of the molecule is Cc1csc(N2CCCN(C(C)C(=O)N3CCCCCC3)CC2)n1. The van der Waals surface area contributed by atoms with Crippen molar-refractivity contribution in [3.63, 3.8) is 0 Å². The van der Waals surface area contributed by atoms with E-state index in [0.29, 0.717) is 5.91 Å². The molecule has 0 spiro atoms. The van der Waals surface area contributed by atoms with Gasteiger partial charge in [-0.1, -0.05) is 12.8 Å². The summed E-state index contributed by atoms with van der Waals surface area (Å²) in [7, 11) is 0. The van der Waals surface area contributed by atoms with E-state index in [9.17, 15) is 4.79 Å². The van der Waals surface area contributed by atoms with Crippen molar-refractivity contribution in [2.45, 2.75) is 52.0 Å². The maximum Gasteiger partial charge on any atom is 0.239 e. The molecule has 2 saturated heterocycles. The summed E-state index contributed by atoms with van der Waals surface area (Å²) in [6, 6.07) is 0.00100. The van der Waals surface area contributed by atoms with Gasteiger partial charge in [0.2, 0.25) is 5.91 Å². The highest BCUT2D eigenvalue weighted by Gasteiger charge is 2.28. The van der Waals surface area contributed by atoms with E-state index in [0.717, 1.165) is 69.4 Å². The molecule has 1 amide bonds. The monoisotopic (exact) mass is 350 g/mol. The van der Waals surface area contributed by atoms with Gasteiger partial charge in [-0.3, -0.25) is 9.69 Å².